The summed E-state index contributed by atoms with van der Waals surface area (Å²) in [5.41, 5.74) is 0.390. The van der Waals surface area contributed by atoms with Crippen LogP contribution in [-0.2, 0) is 0 Å². The van der Waals surface area contributed by atoms with E-state index < -0.39 is 0 Å². The largest absolute Gasteiger partial charge is 0.367 e. The van der Waals surface area contributed by atoms with Gasteiger partial charge in [-0.2, -0.15) is 4.98 Å². The van der Waals surface area contributed by atoms with Gasteiger partial charge in [-0.3, -0.25) is 0 Å². The quantitative estimate of drug-likeness (QED) is 0.870. The molecule has 6 heteroatoms. The second-order valence-corrected chi connectivity index (χ2v) is 4.58. The molecule has 1 aliphatic rings. The van der Waals surface area contributed by atoms with E-state index in [-0.39, 0.29) is 10.4 Å². The summed E-state index contributed by atoms with van der Waals surface area (Å²) in [4.78, 5) is 3.95. The first-order valence-electron chi connectivity index (χ1n) is 4.39. The SMILES string of the molecule is CC1(CNc2nc(Cl)nnc2Cl)CC1. The Bertz CT molecular complexity index is 351. The first-order valence-corrected chi connectivity index (χ1v) is 5.14. The van der Waals surface area contributed by atoms with Gasteiger partial charge in [0, 0.05) is 6.54 Å². The van der Waals surface area contributed by atoms with Crippen LogP contribution in [0.5, 0.6) is 0 Å². The van der Waals surface area contributed by atoms with E-state index in [1.807, 2.05) is 0 Å². The highest BCUT2D eigenvalue weighted by Gasteiger charge is 2.37. The molecule has 1 heterocycles. The fourth-order valence-electron chi connectivity index (χ4n) is 1.09. The third-order valence-electron chi connectivity index (χ3n) is 2.41. The molecule has 4 nitrogen and oxygen atoms in total. The van der Waals surface area contributed by atoms with Crippen molar-refractivity contribution in [3.63, 3.8) is 0 Å². The average Bonchev–Trinajstić information content (AvgIpc) is 2.87. The zero-order valence-corrected chi connectivity index (χ0v) is 9.23. The van der Waals surface area contributed by atoms with Crippen LogP contribution in [0.4, 0.5) is 5.82 Å². The Kier molecular flexibility index (Phi) is 2.49. The van der Waals surface area contributed by atoms with E-state index in [4.69, 9.17) is 23.2 Å². The smallest absolute Gasteiger partial charge is 0.245 e. The van der Waals surface area contributed by atoms with Gasteiger partial charge in [0.25, 0.3) is 0 Å². The molecule has 1 fully saturated rings. The number of nitrogens with one attached hydrogen (secondary N) is 1. The topological polar surface area (TPSA) is 50.7 Å². The molecule has 14 heavy (non-hydrogen) atoms. The standard InChI is InChI=1S/C8H10Cl2N4/c1-8(2-3-8)4-11-6-5(9)13-14-7(10)12-6/h2-4H2,1H3,(H,11,12,14). The van der Waals surface area contributed by atoms with Gasteiger partial charge in [0.05, 0.1) is 0 Å². The monoisotopic (exact) mass is 232 g/mol. The molecule has 0 radical (unpaired) electrons. The molecule has 1 aliphatic carbocycles. The Labute approximate surface area is 92.0 Å². The Morgan fingerprint density at radius 1 is 1.36 bits per heavy atom. The molecule has 0 aliphatic heterocycles. The van der Waals surface area contributed by atoms with Gasteiger partial charge >= 0.3 is 0 Å². The minimum Gasteiger partial charge on any atom is -0.367 e. The van der Waals surface area contributed by atoms with E-state index in [1.165, 1.54) is 12.8 Å². The van der Waals surface area contributed by atoms with Crippen LogP contribution >= 0.6 is 23.2 Å². The molecular weight excluding hydrogens is 223 g/mol. The number of hydrogen-bond donors (Lipinski definition) is 1. The van der Waals surface area contributed by atoms with Crippen LogP contribution in [0.15, 0.2) is 0 Å². The Hall–Kier alpha value is -0.610. The van der Waals surface area contributed by atoms with Crippen LogP contribution in [-0.4, -0.2) is 21.7 Å². The van der Waals surface area contributed by atoms with Crippen molar-refractivity contribution in [3.05, 3.63) is 10.4 Å². The normalized spacial score (nSPS) is 17.9. The summed E-state index contributed by atoms with van der Waals surface area (Å²) in [5.74, 6) is 0.514. The zero-order valence-electron chi connectivity index (χ0n) is 7.72. The van der Waals surface area contributed by atoms with E-state index in [1.54, 1.807) is 0 Å². The predicted octanol–water partition coefficient (Wildman–Crippen LogP) is 2.39. The van der Waals surface area contributed by atoms with Crippen LogP contribution in [0, 0.1) is 5.41 Å². The molecule has 0 bridgehead atoms. The van der Waals surface area contributed by atoms with Crippen LogP contribution in [0.2, 0.25) is 10.4 Å². The van der Waals surface area contributed by atoms with Gasteiger partial charge in [-0.15, -0.1) is 10.2 Å². The molecule has 1 aromatic rings. The van der Waals surface area contributed by atoms with Crippen LogP contribution in [0.1, 0.15) is 19.8 Å². The van der Waals surface area contributed by atoms with Gasteiger partial charge in [-0.05, 0) is 29.9 Å². The van der Waals surface area contributed by atoms with Crippen molar-refractivity contribution in [1.82, 2.24) is 15.2 Å². The number of rotatable bonds is 3. The maximum atomic E-state index is 5.79. The zero-order chi connectivity index (χ0) is 10.2. The summed E-state index contributed by atoms with van der Waals surface area (Å²) >= 11 is 11.4. The molecule has 0 unspecified atom stereocenters. The lowest BCUT2D eigenvalue weighted by molar-refractivity contribution is 0.609. The fourth-order valence-corrected chi connectivity index (χ4v) is 1.36. The lowest BCUT2D eigenvalue weighted by atomic mass is 10.1. The second kappa shape index (κ2) is 3.51. The van der Waals surface area contributed by atoms with Gasteiger partial charge in [-0.25, -0.2) is 0 Å². The third kappa shape index (κ3) is 2.25. The van der Waals surface area contributed by atoms with Crippen molar-refractivity contribution in [3.8, 4) is 0 Å². The number of hydrogen-bond acceptors (Lipinski definition) is 4. The Morgan fingerprint density at radius 2 is 2.07 bits per heavy atom. The molecule has 0 spiro atoms. The van der Waals surface area contributed by atoms with Gasteiger partial charge in [0.1, 0.15) is 0 Å². The predicted molar refractivity (Wildman–Crippen MR) is 55.7 cm³/mol. The Balaban J connectivity index is 2.04. The molecular formula is C8H10Cl2N4. The summed E-state index contributed by atoms with van der Waals surface area (Å²) < 4.78 is 0. The lowest BCUT2D eigenvalue weighted by Gasteiger charge is -2.10. The summed E-state index contributed by atoms with van der Waals surface area (Å²) in [6, 6.07) is 0. The molecule has 76 valence electrons. The highest BCUT2D eigenvalue weighted by Crippen LogP contribution is 2.44. The van der Waals surface area contributed by atoms with E-state index in [0.29, 0.717) is 11.2 Å². The van der Waals surface area contributed by atoms with Crippen molar-refractivity contribution in [1.29, 1.82) is 0 Å². The average molecular weight is 233 g/mol. The number of anilines is 1. The molecule has 2 rings (SSSR count). The first kappa shape index (κ1) is 9.93. The summed E-state index contributed by atoms with van der Waals surface area (Å²) in [6.07, 6.45) is 2.48. The maximum Gasteiger partial charge on any atom is 0.245 e. The maximum absolute atomic E-state index is 5.79. The number of aromatic nitrogens is 3. The van der Waals surface area contributed by atoms with Crippen molar-refractivity contribution >= 4 is 29.0 Å². The molecule has 0 aromatic carbocycles. The number of halogens is 2. The molecule has 0 amide bonds. The highest BCUT2D eigenvalue weighted by molar-refractivity contribution is 6.32. The molecule has 0 saturated heterocycles. The van der Waals surface area contributed by atoms with Gasteiger partial charge in [0.15, 0.2) is 11.0 Å². The van der Waals surface area contributed by atoms with E-state index in [9.17, 15) is 0 Å². The summed E-state index contributed by atoms with van der Waals surface area (Å²) in [7, 11) is 0. The minimum atomic E-state index is 0.109. The van der Waals surface area contributed by atoms with Crippen molar-refractivity contribution in [2.45, 2.75) is 19.8 Å². The van der Waals surface area contributed by atoms with Crippen molar-refractivity contribution < 1.29 is 0 Å². The highest BCUT2D eigenvalue weighted by atomic mass is 35.5. The third-order valence-corrected chi connectivity index (χ3v) is 2.82. The summed E-state index contributed by atoms with van der Waals surface area (Å²) in [5, 5.41) is 10.7. The van der Waals surface area contributed by atoms with E-state index >= 15 is 0 Å². The van der Waals surface area contributed by atoms with Crippen LogP contribution in [0.25, 0.3) is 0 Å². The molecule has 1 saturated carbocycles. The fraction of sp³-hybridized carbons (Fsp3) is 0.625. The van der Waals surface area contributed by atoms with Crippen molar-refractivity contribution in [2.75, 3.05) is 11.9 Å². The van der Waals surface area contributed by atoms with E-state index in [2.05, 4.69) is 27.4 Å². The summed E-state index contributed by atoms with van der Waals surface area (Å²) in [6.45, 7) is 3.06. The molecule has 1 N–H and O–H groups in total. The first-order chi connectivity index (χ1) is 6.59. The van der Waals surface area contributed by atoms with Gasteiger partial charge in [0.2, 0.25) is 5.28 Å². The van der Waals surface area contributed by atoms with Crippen molar-refractivity contribution in [2.24, 2.45) is 5.41 Å². The van der Waals surface area contributed by atoms with Gasteiger partial charge in [-0.1, -0.05) is 18.5 Å². The molecule has 1 aromatic heterocycles. The Morgan fingerprint density at radius 3 is 2.71 bits per heavy atom. The lowest BCUT2D eigenvalue weighted by Crippen LogP contribution is -2.13. The second-order valence-electron chi connectivity index (χ2n) is 3.88. The van der Waals surface area contributed by atoms with E-state index in [0.717, 1.165) is 6.54 Å². The van der Waals surface area contributed by atoms with Crippen LogP contribution < -0.4 is 5.32 Å². The van der Waals surface area contributed by atoms with Crippen LogP contribution in [0.3, 0.4) is 0 Å². The minimum absolute atomic E-state index is 0.109. The number of nitrogens with zero attached hydrogens (tertiary/aromatic N) is 3. The molecule has 0 atom stereocenters. The van der Waals surface area contributed by atoms with Gasteiger partial charge < -0.3 is 5.32 Å².